The van der Waals surface area contributed by atoms with Crippen LogP contribution in [0.4, 0.5) is 5.82 Å². The fourth-order valence-corrected chi connectivity index (χ4v) is 1.40. The molecule has 1 aromatic heterocycles. The van der Waals surface area contributed by atoms with Gasteiger partial charge in [0, 0.05) is 20.2 Å². The van der Waals surface area contributed by atoms with Crippen molar-refractivity contribution in [3.05, 3.63) is 27.9 Å². The number of ether oxygens (including phenoxy) is 1. The summed E-state index contributed by atoms with van der Waals surface area (Å²) in [6.45, 7) is 0. The lowest BCUT2D eigenvalue weighted by atomic mass is 10.2. The highest BCUT2D eigenvalue weighted by Gasteiger charge is 2.29. The Balaban J connectivity index is 2.34. The Kier molecular flexibility index (Phi) is 3.14. The number of carbonyl (C=O) groups excluding carboxylic acids is 1. The highest BCUT2D eigenvalue weighted by atomic mass is 16.6. The molecule has 1 aliphatic carbocycles. The van der Waals surface area contributed by atoms with Crippen molar-refractivity contribution in [1.29, 1.82) is 0 Å². The van der Waals surface area contributed by atoms with Gasteiger partial charge in [0.1, 0.15) is 0 Å². The lowest BCUT2D eigenvalue weighted by Gasteiger charge is -2.10. The molecule has 1 aromatic rings. The molecule has 0 unspecified atom stereocenters. The fourth-order valence-electron chi connectivity index (χ4n) is 1.40. The van der Waals surface area contributed by atoms with Gasteiger partial charge in [0.05, 0.1) is 11.7 Å². The molecule has 18 heavy (non-hydrogen) atoms. The number of hydrogen-bond acceptors (Lipinski definition) is 5. The Morgan fingerprint density at radius 3 is 2.72 bits per heavy atom. The van der Waals surface area contributed by atoms with Crippen molar-refractivity contribution in [3.63, 3.8) is 0 Å². The maximum absolute atomic E-state index is 11.7. The van der Waals surface area contributed by atoms with E-state index in [2.05, 4.69) is 4.98 Å². The predicted molar refractivity (Wildman–Crippen MR) is 62.6 cm³/mol. The Hall–Kier alpha value is -2.18. The first-order valence-electron chi connectivity index (χ1n) is 5.52. The highest BCUT2D eigenvalue weighted by Crippen LogP contribution is 2.32. The molecular weight excluding hydrogens is 238 g/mol. The van der Waals surface area contributed by atoms with E-state index in [-0.39, 0.29) is 29.1 Å². The van der Waals surface area contributed by atoms with Crippen LogP contribution in [0.25, 0.3) is 0 Å². The molecule has 7 nitrogen and oxygen atoms in total. The first-order chi connectivity index (χ1) is 8.49. The second kappa shape index (κ2) is 4.59. The van der Waals surface area contributed by atoms with E-state index in [1.54, 1.807) is 14.1 Å². The molecule has 1 aliphatic rings. The molecule has 0 spiro atoms. The van der Waals surface area contributed by atoms with Crippen molar-refractivity contribution < 1.29 is 14.5 Å². The number of hydrogen-bond donors (Lipinski definition) is 0. The Bertz CT molecular complexity index is 497. The average molecular weight is 251 g/mol. The lowest BCUT2D eigenvalue weighted by Crippen LogP contribution is -2.22. The second-order valence-electron chi connectivity index (χ2n) is 4.32. The van der Waals surface area contributed by atoms with Crippen LogP contribution in [0, 0.1) is 10.1 Å². The van der Waals surface area contributed by atoms with E-state index in [1.807, 2.05) is 0 Å². The van der Waals surface area contributed by atoms with Gasteiger partial charge in [-0.3, -0.25) is 4.79 Å². The van der Waals surface area contributed by atoms with Crippen LogP contribution < -0.4 is 4.74 Å². The van der Waals surface area contributed by atoms with Gasteiger partial charge in [-0.15, -0.1) is 0 Å². The minimum atomic E-state index is -0.609. The van der Waals surface area contributed by atoms with Gasteiger partial charge in [-0.1, -0.05) is 0 Å². The zero-order valence-corrected chi connectivity index (χ0v) is 10.1. The van der Waals surface area contributed by atoms with Gasteiger partial charge in [0.15, 0.2) is 6.20 Å². The highest BCUT2D eigenvalue weighted by molar-refractivity contribution is 5.94. The topological polar surface area (TPSA) is 85.6 Å². The monoisotopic (exact) mass is 251 g/mol. The quantitative estimate of drug-likeness (QED) is 0.593. The van der Waals surface area contributed by atoms with Crippen LogP contribution in [0.1, 0.15) is 23.2 Å². The van der Waals surface area contributed by atoms with E-state index < -0.39 is 4.92 Å². The van der Waals surface area contributed by atoms with Gasteiger partial charge in [-0.05, 0) is 22.7 Å². The number of nitro groups is 1. The number of pyridine rings is 1. The second-order valence-corrected chi connectivity index (χ2v) is 4.32. The molecule has 1 amide bonds. The van der Waals surface area contributed by atoms with Crippen molar-refractivity contribution in [2.24, 2.45) is 0 Å². The van der Waals surface area contributed by atoms with Crippen LogP contribution in [0.3, 0.4) is 0 Å². The number of aromatic nitrogens is 1. The van der Waals surface area contributed by atoms with Crippen LogP contribution >= 0.6 is 0 Å². The zero-order valence-electron chi connectivity index (χ0n) is 10.1. The van der Waals surface area contributed by atoms with Crippen LogP contribution in [0.5, 0.6) is 5.75 Å². The molecule has 96 valence electrons. The Labute approximate surface area is 104 Å². The largest absolute Gasteiger partial charge is 0.482 e. The lowest BCUT2D eigenvalue weighted by molar-refractivity contribution is -0.390. The maximum Gasteiger partial charge on any atom is 0.406 e. The molecule has 0 radical (unpaired) electrons. The summed E-state index contributed by atoms with van der Waals surface area (Å²) in [4.78, 5) is 27.0. The zero-order chi connectivity index (χ0) is 13.3. The Morgan fingerprint density at radius 1 is 1.56 bits per heavy atom. The van der Waals surface area contributed by atoms with Crippen molar-refractivity contribution >= 4 is 11.7 Å². The first-order valence-corrected chi connectivity index (χ1v) is 5.52. The maximum atomic E-state index is 11.7. The van der Waals surface area contributed by atoms with Crippen LogP contribution in [0.15, 0.2) is 12.3 Å². The van der Waals surface area contributed by atoms with E-state index in [0.29, 0.717) is 0 Å². The summed E-state index contributed by atoms with van der Waals surface area (Å²) < 4.78 is 5.41. The minimum Gasteiger partial charge on any atom is -0.482 e. The molecule has 0 aliphatic heterocycles. The standard InChI is InChI=1S/C11H13N3O4/c1-13(2)11(15)7-5-9(18-8-3-4-8)10(12-6-7)14(16)17/h5-6,8H,3-4H2,1-2H3. The third-order valence-electron chi connectivity index (χ3n) is 2.48. The predicted octanol–water partition coefficient (Wildman–Crippen LogP) is 1.23. The van der Waals surface area contributed by atoms with Crippen molar-refractivity contribution in [1.82, 2.24) is 9.88 Å². The molecule has 0 bridgehead atoms. The summed E-state index contributed by atoms with van der Waals surface area (Å²) in [7, 11) is 3.20. The molecular formula is C11H13N3O4. The molecule has 1 saturated carbocycles. The molecule has 2 rings (SSSR count). The normalized spacial score (nSPS) is 14.1. The van der Waals surface area contributed by atoms with E-state index >= 15 is 0 Å². The van der Waals surface area contributed by atoms with Crippen molar-refractivity contribution in [3.8, 4) is 5.75 Å². The molecule has 1 fully saturated rings. The Morgan fingerprint density at radius 2 is 2.22 bits per heavy atom. The summed E-state index contributed by atoms with van der Waals surface area (Å²) in [5.41, 5.74) is 0.279. The number of carbonyl (C=O) groups is 1. The van der Waals surface area contributed by atoms with Gasteiger partial charge in [-0.2, -0.15) is 0 Å². The molecule has 0 atom stereocenters. The van der Waals surface area contributed by atoms with E-state index in [1.165, 1.54) is 17.2 Å². The van der Waals surface area contributed by atoms with Gasteiger partial charge >= 0.3 is 5.82 Å². The third-order valence-corrected chi connectivity index (χ3v) is 2.48. The number of rotatable bonds is 4. The summed E-state index contributed by atoms with van der Waals surface area (Å²) in [5.74, 6) is -0.551. The molecule has 0 aromatic carbocycles. The molecule has 1 heterocycles. The summed E-state index contributed by atoms with van der Waals surface area (Å²) >= 11 is 0. The summed E-state index contributed by atoms with van der Waals surface area (Å²) in [6, 6.07) is 1.38. The van der Waals surface area contributed by atoms with Crippen LogP contribution in [-0.2, 0) is 0 Å². The van der Waals surface area contributed by atoms with E-state index in [4.69, 9.17) is 4.74 Å². The molecule has 7 heteroatoms. The van der Waals surface area contributed by atoms with Gasteiger partial charge < -0.3 is 19.8 Å². The molecule has 0 N–H and O–H groups in total. The van der Waals surface area contributed by atoms with Gasteiger partial charge in [0.25, 0.3) is 5.91 Å². The van der Waals surface area contributed by atoms with Crippen LogP contribution in [-0.4, -0.2) is 40.9 Å². The van der Waals surface area contributed by atoms with Crippen molar-refractivity contribution in [2.75, 3.05) is 14.1 Å². The smallest absolute Gasteiger partial charge is 0.406 e. The molecule has 0 saturated heterocycles. The number of nitrogens with zero attached hydrogens (tertiary/aromatic N) is 3. The van der Waals surface area contributed by atoms with Crippen LogP contribution in [0.2, 0.25) is 0 Å². The van der Waals surface area contributed by atoms with E-state index in [0.717, 1.165) is 12.8 Å². The number of amides is 1. The summed E-state index contributed by atoms with van der Waals surface area (Å²) in [5, 5.41) is 10.8. The van der Waals surface area contributed by atoms with Gasteiger partial charge in [0.2, 0.25) is 5.75 Å². The third kappa shape index (κ3) is 2.55. The van der Waals surface area contributed by atoms with Gasteiger partial charge in [-0.25, -0.2) is 0 Å². The van der Waals surface area contributed by atoms with E-state index in [9.17, 15) is 14.9 Å². The summed E-state index contributed by atoms with van der Waals surface area (Å²) in [6.07, 6.45) is 2.96. The fraction of sp³-hybridized carbons (Fsp3) is 0.455. The average Bonchev–Trinajstić information content (AvgIpc) is 3.11. The first kappa shape index (κ1) is 12.3. The minimum absolute atomic E-state index is 0.00945. The van der Waals surface area contributed by atoms with Crippen molar-refractivity contribution in [2.45, 2.75) is 18.9 Å². The SMILES string of the molecule is CN(C)C(=O)c1cnc([N+](=O)[O-])c(OC2CC2)c1.